The molecule has 2 unspecified atom stereocenters. The van der Waals surface area contributed by atoms with Gasteiger partial charge in [-0.2, -0.15) is 0 Å². The molecule has 1 aromatic carbocycles. The molecule has 3 N–H and O–H groups in total. The largest absolute Gasteiger partial charge is 0.378 e. The molecule has 0 saturated carbocycles. The molecule has 1 fully saturated rings. The fraction of sp³-hybridized carbons (Fsp3) is 0.562. The first kappa shape index (κ1) is 15.0. The van der Waals surface area contributed by atoms with Gasteiger partial charge in [-0.1, -0.05) is 30.3 Å². The Hall–Kier alpha value is -1.39. The highest BCUT2D eigenvalue weighted by atomic mass is 16.5. The molecular weight excluding hydrogens is 252 g/mol. The zero-order chi connectivity index (χ0) is 14.2. The molecule has 2 atom stereocenters. The number of carbonyl (C=O) groups is 1. The minimum atomic E-state index is -0.00603. The average molecular weight is 276 g/mol. The summed E-state index contributed by atoms with van der Waals surface area (Å²) >= 11 is 0. The smallest absolute Gasteiger partial charge is 0.222 e. The van der Waals surface area contributed by atoms with E-state index in [4.69, 9.17) is 10.5 Å². The summed E-state index contributed by atoms with van der Waals surface area (Å²) in [6, 6.07) is 10.1. The van der Waals surface area contributed by atoms with Crippen molar-refractivity contribution in [3.8, 4) is 0 Å². The highest BCUT2D eigenvalue weighted by Crippen LogP contribution is 2.15. The van der Waals surface area contributed by atoms with Gasteiger partial charge in [-0.3, -0.25) is 4.79 Å². The van der Waals surface area contributed by atoms with Gasteiger partial charge in [0.1, 0.15) is 0 Å². The Morgan fingerprint density at radius 3 is 2.80 bits per heavy atom. The Morgan fingerprint density at radius 1 is 1.35 bits per heavy atom. The number of hydrogen-bond donors (Lipinski definition) is 2. The van der Waals surface area contributed by atoms with Gasteiger partial charge in [0, 0.05) is 19.2 Å². The quantitative estimate of drug-likeness (QED) is 0.830. The number of rotatable bonds is 6. The Kier molecular flexibility index (Phi) is 6.02. The number of ether oxygens (including phenoxy) is 1. The van der Waals surface area contributed by atoms with Gasteiger partial charge in [0.05, 0.1) is 12.5 Å². The van der Waals surface area contributed by atoms with Crippen molar-refractivity contribution in [2.45, 2.75) is 44.2 Å². The van der Waals surface area contributed by atoms with Gasteiger partial charge in [-0.25, -0.2) is 0 Å². The average Bonchev–Trinajstić information content (AvgIpc) is 2.48. The third-order valence-corrected chi connectivity index (χ3v) is 3.66. The molecule has 2 rings (SSSR count). The molecule has 0 aromatic heterocycles. The van der Waals surface area contributed by atoms with Gasteiger partial charge in [0.2, 0.25) is 5.91 Å². The first-order chi connectivity index (χ1) is 9.78. The molecule has 1 aromatic rings. The minimum absolute atomic E-state index is 0.00603. The summed E-state index contributed by atoms with van der Waals surface area (Å²) in [5.74, 6) is 0.0447. The first-order valence-corrected chi connectivity index (χ1v) is 7.43. The highest BCUT2D eigenvalue weighted by Gasteiger charge is 2.19. The van der Waals surface area contributed by atoms with Crippen molar-refractivity contribution >= 4 is 5.91 Å². The Morgan fingerprint density at radius 2 is 2.15 bits per heavy atom. The van der Waals surface area contributed by atoms with Crippen LogP contribution in [0.3, 0.4) is 0 Å². The van der Waals surface area contributed by atoms with Gasteiger partial charge < -0.3 is 15.8 Å². The summed E-state index contributed by atoms with van der Waals surface area (Å²) in [7, 11) is 0. The van der Waals surface area contributed by atoms with Crippen LogP contribution >= 0.6 is 0 Å². The molecule has 1 aliphatic heterocycles. The number of benzene rings is 1. The standard InChI is InChI=1S/C16H24N2O2/c17-12-14(10-13-6-2-1-3-7-13)18-16(19)11-15-8-4-5-9-20-15/h1-3,6-7,14-15H,4-5,8-12,17H2,(H,18,19). The van der Waals surface area contributed by atoms with Crippen molar-refractivity contribution in [1.82, 2.24) is 5.32 Å². The van der Waals surface area contributed by atoms with Crippen LogP contribution in [0, 0.1) is 0 Å². The van der Waals surface area contributed by atoms with E-state index in [0.29, 0.717) is 13.0 Å². The SMILES string of the molecule is NCC(Cc1ccccc1)NC(=O)CC1CCCCO1. The van der Waals surface area contributed by atoms with E-state index in [1.54, 1.807) is 0 Å². The topological polar surface area (TPSA) is 64.3 Å². The summed E-state index contributed by atoms with van der Waals surface area (Å²) in [6.45, 7) is 1.23. The van der Waals surface area contributed by atoms with E-state index >= 15 is 0 Å². The first-order valence-electron chi connectivity index (χ1n) is 7.43. The second-order valence-corrected chi connectivity index (χ2v) is 5.38. The van der Waals surface area contributed by atoms with E-state index in [1.165, 1.54) is 5.56 Å². The maximum absolute atomic E-state index is 12.0. The molecule has 0 spiro atoms. The summed E-state index contributed by atoms with van der Waals surface area (Å²) in [5, 5.41) is 3.02. The molecular formula is C16H24N2O2. The molecule has 1 aliphatic rings. The van der Waals surface area contributed by atoms with Crippen molar-refractivity contribution in [3.05, 3.63) is 35.9 Å². The summed E-state index contributed by atoms with van der Waals surface area (Å²) in [6.07, 6.45) is 4.55. The molecule has 4 nitrogen and oxygen atoms in total. The number of nitrogens with one attached hydrogen (secondary N) is 1. The lowest BCUT2D eigenvalue weighted by molar-refractivity contribution is -0.125. The normalized spacial score (nSPS) is 20.4. The van der Waals surface area contributed by atoms with E-state index in [9.17, 15) is 4.79 Å². The van der Waals surface area contributed by atoms with Crippen LogP contribution in [-0.2, 0) is 16.0 Å². The van der Waals surface area contributed by atoms with E-state index < -0.39 is 0 Å². The lowest BCUT2D eigenvalue weighted by Crippen LogP contribution is -2.43. The van der Waals surface area contributed by atoms with Crippen LogP contribution in [0.25, 0.3) is 0 Å². The third kappa shape index (κ3) is 4.94. The summed E-state index contributed by atoms with van der Waals surface area (Å²) in [5.41, 5.74) is 6.95. The van der Waals surface area contributed by atoms with Crippen LogP contribution in [0.15, 0.2) is 30.3 Å². The minimum Gasteiger partial charge on any atom is -0.378 e. The molecule has 110 valence electrons. The zero-order valence-electron chi connectivity index (χ0n) is 11.9. The van der Waals surface area contributed by atoms with Crippen molar-refractivity contribution < 1.29 is 9.53 Å². The van der Waals surface area contributed by atoms with E-state index in [0.717, 1.165) is 32.3 Å². The molecule has 4 heteroatoms. The fourth-order valence-electron chi connectivity index (χ4n) is 2.55. The fourth-order valence-corrected chi connectivity index (χ4v) is 2.55. The molecule has 0 bridgehead atoms. The van der Waals surface area contributed by atoms with Gasteiger partial charge in [-0.05, 0) is 31.2 Å². The highest BCUT2D eigenvalue weighted by molar-refractivity contribution is 5.76. The predicted octanol–water partition coefficient (Wildman–Crippen LogP) is 1.63. The summed E-state index contributed by atoms with van der Waals surface area (Å²) < 4.78 is 5.59. The third-order valence-electron chi connectivity index (χ3n) is 3.66. The second kappa shape index (κ2) is 8.02. The zero-order valence-corrected chi connectivity index (χ0v) is 11.9. The maximum Gasteiger partial charge on any atom is 0.222 e. The predicted molar refractivity (Wildman–Crippen MR) is 79.3 cm³/mol. The summed E-state index contributed by atoms with van der Waals surface area (Å²) in [4.78, 5) is 12.0. The van der Waals surface area contributed by atoms with Crippen LogP contribution in [-0.4, -0.2) is 31.2 Å². The van der Waals surface area contributed by atoms with Gasteiger partial charge >= 0.3 is 0 Å². The number of hydrogen-bond acceptors (Lipinski definition) is 3. The lowest BCUT2D eigenvalue weighted by atomic mass is 10.0. The molecule has 0 radical (unpaired) electrons. The lowest BCUT2D eigenvalue weighted by Gasteiger charge is -2.23. The Balaban J connectivity index is 1.78. The molecule has 1 heterocycles. The number of amides is 1. The second-order valence-electron chi connectivity index (χ2n) is 5.38. The number of nitrogens with two attached hydrogens (primary N) is 1. The van der Waals surface area contributed by atoms with Crippen LogP contribution < -0.4 is 11.1 Å². The molecule has 0 aliphatic carbocycles. The van der Waals surface area contributed by atoms with E-state index in [2.05, 4.69) is 17.4 Å². The van der Waals surface area contributed by atoms with Crippen LogP contribution in [0.4, 0.5) is 0 Å². The van der Waals surface area contributed by atoms with Gasteiger partial charge in [-0.15, -0.1) is 0 Å². The monoisotopic (exact) mass is 276 g/mol. The Bertz CT molecular complexity index is 402. The van der Waals surface area contributed by atoms with Crippen LogP contribution in [0.2, 0.25) is 0 Å². The molecule has 1 amide bonds. The van der Waals surface area contributed by atoms with Gasteiger partial charge in [0.15, 0.2) is 0 Å². The van der Waals surface area contributed by atoms with Crippen LogP contribution in [0.1, 0.15) is 31.2 Å². The van der Waals surface area contributed by atoms with Crippen molar-refractivity contribution in [1.29, 1.82) is 0 Å². The van der Waals surface area contributed by atoms with E-state index in [-0.39, 0.29) is 18.1 Å². The van der Waals surface area contributed by atoms with Crippen LogP contribution in [0.5, 0.6) is 0 Å². The van der Waals surface area contributed by atoms with Gasteiger partial charge in [0.25, 0.3) is 0 Å². The number of carbonyl (C=O) groups excluding carboxylic acids is 1. The molecule has 1 saturated heterocycles. The maximum atomic E-state index is 12.0. The van der Waals surface area contributed by atoms with E-state index in [1.807, 2.05) is 18.2 Å². The Labute approximate surface area is 120 Å². The van der Waals surface area contributed by atoms with Crippen molar-refractivity contribution in [2.24, 2.45) is 5.73 Å². The van der Waals surface area contributed by atoms with Crippen molar-refractivity contribution in [3.63, 3.8) is 0 Å². The van der Waals surface area contributed by atoms with Crippen molar-refractivity contribution in [2.75, 3.05) is 13.2 Å². The molecule has 20 heavy (non-hydrogen) atoms.